The smallest absolute Gasteiger partial charge is 0.503 e. The number of aromatic nitrogens is 7. The minimum Gasteiger partial charge on any atom is -0.503 e. The van der Waals surface area contributed by atoms with E-state index in [-0.39, 0.29) is 40.8 Å². The zero-order valence-corrected chi connectivity index (χ0v) is 27.2. The fraction of sp³-hybridized carbons (Fsp3) is 0. The molecular weight excluding hydrogens is 775 g/mol. The molecule has 4 aromatic heterocycles. The summed E-state index contributed by atoms with van der Waals surface area (Å²) < 4.78 is 14.3. The van der Waals surface area contributed by atoms with Gasteiger partial charge in [-0.1, -0.05) is 23.2 Å². The first kappa shape index (κ1) is 31.8. The van der Waals surface area contributed by atoms with Crippen LogP contribution >= 0.6 is 0 Å². The van der Waals surface area contributed by atoms with Crippen molar-refractivity contribution in [2.75, 3.05) is 0 Å². The average Bonchev–Trinajstić information content (AvgIpc) is 3.42. The molecular formula is C36H19N7O2Pd2. The van der Waals surface area contributed by atoms with Crippen LogP contribution in [0.5, 0.6) is 23.0 Å². The summed E-state index contributed by atoms with van der Waals surface area (Å²) in [6.07, 6.45) is 10.2. The molecule has 0 unspecified atom stereocenters. The standard InChI is InChI=1S/C36H19N7O2.2Pd/c1-6-24(34-37-14-3-15-38-34)20-26(8-1)44-28-10-12-30-31-13-11-29(23-33(31)43(32(30)22-28)36-41-18-5-19-42-36)45-27-9-2-7-25(21-27)35-39-16-4-17-40-35;;/h1-19H;;/q-4;2*+2. The summed E-state index contributed by atoms with van der Waals surface area (Å²) in [5.74, 6) is 3.60. The monoisotopic (exact) mass is 793 g/mol. The number of fused-ring (bicyclic) bond motifs is 3. The molecule has 8 rings (SSSR count). The Morgan fingerprint density at radius 2 is 0.830 bits per heavy atom. The van der Waals surface area contributed by atoms with Crippen LogP contribution in [-0.4, -0.2) is 34.5 Å². The summed E-state index contributed by atoms with van der Waals surface area (Å²) in [6.45, 7) is 0. The van der Waals surface area contributed by atoms with Crippen molar-refractivity contribution < 1.29 is 50.3 Å². The van der Waals surface area contributed by atoms with Gasteiger partial charge in [0.05, 0.1) is 11.6 Å². The molecule has 0 bridgehead atoms. The Bertz CT molecular complexity index is 2150. The van der Waals surface area contributed by atoms with Gasteiger partial charge in [0.2, 0.25) is 5.95 Å². The molecule has 0 atom stereocenters. The van der Waals surface area contributed by atoms with E-state index in [0.717, 1.165) is 32.9 Å². The van der Waals surface area contributed by atoms with Crippen molar-refractivity contribution in [2.45, 2.75) is 0 Å². The van der Waals surface area contributed by atoms with Crippen molar-refractivity contribution in [3.05, 3.63) is 140 Å². The second-order valence-corrected chi connectivity index (χ2v) is 9.76. The Morgan fingerprint density at radius 3 is 1.28 bits per heavy atom. The predicted molar refractivity (Wildman–Crippen MR) is 167 cm³/mol. The van der Waals surface area contributed by atoms with E-state index in [9.17, 15) is 0 Å². The van der Waals surface area contributed by atoms with Gasteiger partial charge in [0.1, 0.15) is 0 Å². The van der Waals surface area contributed by atoms with E-state index in [0.29, 0.717) is 40.6 Å². The molecule has 0 radical (unpaired) electrons. The Balaban J connectivity index is 0.00000193. The molecule has 0 aliphatic rings. The van der Waals surface area contributed by atoms with Crippen molar-refractivity contribution in [3.8, 4) is 51.7 Å². The number of hydrogen-bond acceptors (Lipinski definition) is 8. The van der Waals surface area contributed by atoms with E-state index in [1.165, 1.54) is 0 Å². The van der Waals surface area contributed by atoms with Crippen LogP contribution in [-0.2, 0) is 40.8 Å². The van der Waals surface area contributed by atoms with Crippen LogP contribution < -0.4 is 9.47 Å². The third-order valence-electron chi connectivity index (χ3n) is 6.88. The maximum absolute atomic E-state index is 6.22. The molecule has 47 heavy (non-hydrogen) atoms. The van der Waals surface area contributed by atoms with E-state index < -0.39 is 0 Å². The molecule has 0 amide bonds. The van der Waals surface area contributed by atoms with Gasteiger partial charge in [-0.25, -0.2) is 9.97 Å². The second kappa shape index (κ2) is 14.1. The molecule has 0 spiro atoms. The van der Waals surface area contributed by atoms with Crippen molar-refractivity contribution in [1.82, 2.24) is 34.5 Å². The quantitative estimate of drug-likeness (QED) is 0.123. The summed E-state index contributed by atoms with van der Waals surface area (Å²) in [6, 6.07) is 37.5. The van der Waals surface area contributed by atoms with Crippen molar-refractivity contribution >= 4 is 21.8 Å². The van der Waals surface area contributed by atoms with Gasteiger partial charge in [0, 0.05) is 60.2 Å². The van der Waals surface area contributed by atoms with Crippen LogP contribution in [0.1, 0.15) is 0 Å². The van der Waals surface area contributed by atoms with E-state index >= 15 is 0 Å². The van der Waals surface area contributed by atoms with Crippen LogP contribution in [0.2, 0.25) is 0 Å². The van der Waals surface area contributed by atoms with E-state index in [4.69, 9.17) is 9.47 Å². The first-order valence-corrected chi connectivity index (χ1v) is 13.9. The average molecular weight is 794 g/mol. The molecule has 230 valence electrons. The first-order chi connectivity index (χ1) is 22.3. The minimum absolute atomic E-state index is 0. The van der Waals surface area contributed by atoms with Crippen LogP contribution in [0.4, 0.5) is 0 Å². The minimum atomic E-state index is 0. The number of ether oxygens (including phenoxy) is 2. The maximum atomic E-state index is 6.22. The summed E-state index contributed by atoms with van der Waals surface area (Å²) in [7, 11) is 0. The van der Waals surface area contributed by atoms with Gasteiger partial charge in [-0.15, -0.1) is 71.8 Å². The van der Waals surface area contributed by atoms with Crippen LogP contribution in [0.15, 0.2) is 116 Å². The predicted octanol–water partition coefficient (Wildman–Crippen LogP) is 7.27. The van der Waals surface area contributed by atoms with Crippen LogP contribution in [0.3, 0.4) is 0 Å². The van der Waals surface area contributed by atoms with Gasteiger partial charge in [-0.05, 0) is 18.2 Å². The van der Waals surface area contributed by atoms with Gasteiger partial charge >= 0.3 is 40.8 Å². The third kappa shape index (κ3) is 6.57. The Morgan fingerprint density at radius 1 is 0.426 bits per heavy atom. The fourth-order valence-electron chi connectivity index (χ4n) is 4.94. The Hall–Kier alpha value is -5.16. The van der Waals surface area contributed by atoms with Gasteiger partial charge in [-0.3, -0.25) is 19.9 Å². The van der Waals surface area contributed by atoms with E-state index in [2.05, 4.69) is 54.2 Å². The molecule has 0 aliphatic carbocycles. The second-order valence-electron chi connectivity index (χ2n) is 9.76. The van der Waals surface area contributed by atoms with Gasteiger partial charge in [-0.2, -0.15) is 22.9 Å². The van der Waals surface area contributed by atoms with E-state index in [1.54, 1.807) is 55.4 Å². The van der Waals surface area contributed by atoms with Crippen molar-refractivity contribution in [3.63, 3.8) is 0 Å². The molecule has 9 nitrogen and oxygen atoms in total. The van der Waals surface area contributed by atoms with Gasteiger partial charge < -0.3 is 14.0 Å². The first-order valence-electron chi connectivity index (χ1n) is 13.9. The zero-order chi connectivity index (χ0) is 30.0. The molecule has 0 aliphatic heterocycles. The fourth-order valence-corrected chi connectivity index (χ4v) is 4.94. The van der Waals surface area contributed by atoms with Crippen LogP contribution in [0, 0.1) is 24.3 Å². The van der Waals surface area contributed by atoms with Gasteiger partial charge in [0.15, 0.2) is 0 Å². The molecule has 0 saturated heterocycles. The van der Waals surface area contributed by atoms with Crippen LogP contribution in [0.25, 0.3) is 50.5 Å². The summed E-state index contributed by atoms with van der Waals surface area (Å²) in [5.41, 5.74) is 2.89. The molecule has 0 fully saturated rings. The molecule has 11 heteroatoms. The summed E-state index contributed by atoms with van der Waals surface area (Å²) >= 11 is 0. The largest absolute Gasteiger partial charge is 2.00 e. The van der Waals surface area contributed by atoms with Crippen molar-refractivity contribution in [1.29, 1.82) is 0 Å². The molecule has 0 N–H and O–H groups in total. The SMILES string of the molecule is [Pd+2].[Pd+2].[c-]1c(Oc2[c-]c3c(cc2)c2ccc(Oc4[c-]c(-c5ncccn5)ccc4)[c-]c2n3-c2ncccn2)cccc1-c1ncccn1. The maximum Gasteiger partial charge on any atom is 2.00 e. The molecule has 8 aromatic rings. The number of nitrogens with zero attached hydrogens (tertiary/aromatic N) is 7. The van der Waals surface area contributed by atoms with E-state index in [1.807, 2.05) is 65.2 Å². The van der Waals surface area contributed by atoms with Gasteiger partial charge in [0.25, 0.3) is 0 Å². The molecule has 4 aromatic carbocycles. The Labute approximate surface area is 297 Å². The normalized spacial score (nSPS) is 10.6. The molecule has 0 saturated carbocycles. The number of hydrogen-bond donors (Lipinski definition) is 0. The zero-order valence-electron chi connectivity index (χ0n) is 24.0. The summed E-state index contributed by atoms with van der Waals surface area (Å²) in [4.78, 5) is 26.3. The topological polar surface area (TPSA) is 101 Å². The third-order valence-corrected chi connectivity index (χ3v) is 6.88. The molecule has 4 heterocycles. The summed E-state index contributed by atoms with van der Waals surface area (Å²) in [5, 5.41) is 1.86. The number of rotatable bonds is 7. The Kier molecular flexibility index (Phi) is 9.54. The number of benzene rings is 4. The van der Waals surface area contributed by atoms with Crippen molar-refractivity contribution in [2.24, 2.45) is 0 Å².